The van der Waals surface area contributed by atoms with E-state index in [1.807, 2.05) is 0 Å². The van der Waals surface area contributed by atoms with E-state index in [0.29, 0.717) is 30.9 Å². The lowest BCUT2D eigenvalue weighted by Gasteiger charge is -2.20. The molecule has 164 valence electrons. The van der Waals surface area contributed by atoms with E-state index in [2.05, 4.69) is 4.72 Å². The molecule has 2 N–H and O–H groups in total. The molecule has 0 aliphatic heterocycles. The summed E-state index contributed by atoms with van der Waals surface area (Å²) in [6.07, 6.45) is -3.03. The Bertz CT molecular complexity index is 960. The third-order valence-electron chi connectivity index (χ3n) is 4.42. The molecule has 0 fully saturated rings. The number of hydrogen-bond acceptors (Lipinski definition) is 3. The second-order valence-corrected chi connectivity index (χ2v) is 8.46. The van der Waals surface area contributed by atoms with Crippen molar-refractivity contribution in [1.82, 2.24) is 4.72 Å². The Kier molecular flexibility index (Phi) is 7.96. The molecule has 0 radical (unpaired) electrons. The van der Waals surface area contributed by atoms with Crippen LogP contribution in [0.4, 0.5) is 17.6 Å². The van der Waals surface area contributed by atoms with Gasteiger partial charge in [-0.05, 0) is 48.7 Å². The fraction of sp³-hybridized carbons (Fsp3) is 0.350. The molecular formula is C20H21F4NO4S. The van der Waals surface area contributed by atoms with Crippen molar-refractivity contribution in [3.63, 3.8) is 0 Å². The summed E-state index contributed by atoms with van der Waals surface area (Å²) in [5, 5.41) is 8.68. The number of sulfonamides is 1. The van der Waals surface area contributed by atoms with Crippen molar-refractivity contribution in [3.8, 4) is 0 Å². The second-order valence-electron chi connectivity index (χ2n) is 6.74. The van der Waals surface area contributed by atoms with E-state index in [1.54, 1.807) is 0 Å². The van der Waals surface area contributed by atoms with Crippen LogP contribution in [0.3, 0.4) is 0 Å². The van der Waals surface area contributed by atoms with Crippen LogP contribution < -0.4 is 4.72 Å². The number of carboxylic acids is 1. The largest absolute Gasteiger partial charge is 0.481 e. The van der Waals surface area contributed by atoms with Crippen LogP contribution in [-0.4, -0.2) is 19.5 Å². The normalized spacial score (nSPS) is 13.2. The number of alkyl halides is 3. The lowest BCUT2D eigenvalue weighted by atomic mass is 10.0. The van der Waals surface area contributed by atoms with Gasteiger partial charge in [0.25, 0.3) is 0 Å². The first-order valence-electron chi connectivity index (χ1n) is 9.16. The second kappa shape index (κ2) is 10.0. The van der Waals surface area contributed by atoms with Crippen molar-refractivity contribution in [1.29, 1.82) is 0 Å². The molecule has 1 unspecified atom stereocenters. The van der Waals surface area contributed by atoms with Crippen LogP contribution in [0.2, 0.25) is 0 Å². The van der Waals surface area contributed by atoms with Crippen LogP contribution >= 0.6 is 0 Å². The first-order valence-corrected chi connectivity index (χ1v) is 10.6. The number of halogens is 4. The fourth-order valence-corrected chi connectivity index (χ4v) is 4.19. The molecule has 2 rings (SSSR count). The van der Waals surface area contributed by atoms with E-state index in [-0.39, 0.29) is 12.8 Å². The summed E-state index contributed by atoms with van der Waals surface area (Å²) in [5.74, 6) is -1.45. The molecule has 10 heteroatoms. The van der Waals surface area contributed by atoms with Crippen LogP contribution in [0.1, 0.15) is 49.3 Å². The van der Waals surface area contributed by atoms with E-state index in [4.69, 9.17) is 5.11 Å². The van der Waals surface area contributed by atoms with Crippen LogP contribution in [0, 0.1) is 5.82 Å². The zero-order valence-electron chi connectivity index (χ0n) is 15.8. The average molecular weight is 447 g/mol. The van der Waals surface area contributed by atoms with Gasteiger partial charge in [-0.1, -0.05) is 31.0 Å². The summed E-state index contributed by atoms with van der Waals surface area (Å²) in [6.45, 7) is 0. The third kappa shape index (κ3) is 7.10. The fourth-order valence-electron chi connectivity index (χ4n) is 2.89. The molecule has 0 spiro atoms. The highest BCUT2D eigenvalue weighted by atomic mass is 32.2. The van der Waals surface area contributed by atoms with Crippen molar-refractivity contribution >= 4 is 16.0 Å². The van der Waals surface area contributed by atoms with E-state index >= 15 is 0 Å². The number of aliphatic carboxylic acids is 1. The summed E-state index contributed by atoms with van der Waals surface area (Å²) in [6, 6.07) is 7.70. The van der Waals surface area contributed by atoms with Gasteiger partial charge >= 0.3 is 12.1 Å². The van der Waals surface area contributed by atoms with Gasteiger partial charge in [-0.25, -0.2) is 17.5 Å². The van der Waals surface area contributed by atoms with Gasteiger partial charge in [-0.3, -0.25) is 4.79 Å². The maximum atomic E-state index is 13.2. The Morgan fingerprint density at radius 3 is 2.30 bits per heavy atom. The molecule has 5 nitrogen and oxygen atoms in total. The predicted octanol–water partition coefficient (Wildman–Crippen LogP) is 4.90. The van der Waals surface area contributed by atoms with Crippen LogP contribution in [0.15, 0.2) is 53.4 Å². The SMILES string of the molecule is O=C(O)CCCCCC(NS(=O)(=O)c1cccc(C(F)(F)F)c1)c1ccc(F)cc1. The molecule has 0 aliphatic carbocycles. The first kappa shape index (κ1) is 23.8. The lowest BCUT2D eigenvalue weighted by molar-refractivity contribution is -0.138. The van der Waals surface area contributed by atoms with Crippen LogP contribution in [-0.2, 0) is 21.0 Å². The standard InChI is InChI=1S/C20H21F4NO4S/c21-16-11-9-14(10-12-16)18(7-2-1-3-8-19(26)27)25-30(28,29)17-6-4-5-15(13-17)20(22,23)24/h4-6,9-13,18,25H,1-3,7-8H2,(H,26,27). The van der Waals surface area contributed by atoms with Crippen molar-refractivity contribution in [3.05, 3.63) is 65.5 Å². The maximum Gasteiger partial charge on any atom is 0.416 e. The van der Waals surface area contributed by atoms with E-state index < -0.39 is 44.5 Å². The summed E-state index contributed by atoms with van der Waals surface area (Å²) in [7, 11) is -4.29. The Hall–Kier alpha value is -2.46. The Labute approximate surface area is 171 Å². The minimum absolute atomic E-state index is 0.0167. The Morgan fingerprint density at radius 2 is 1.70 bits per heavy atom. The molecule has 2 aromatic rings. The van der Waals surface area contributed by atoms with Gasteiger partial charge in [0.05, 0.1) is 10.5 Å². The van der Waals surface area contributed by atoms with Gasteiger partial charge in [-0.15, -0.1) is 0 Å². The van der Waals surface area contributed by atoms with Crippen LogP contribution in [0.5, 0.6) is 0 Å². The summed E-state index contributed by atoms with van der Waals surface area (Å²) in [5.41, 5.74) is -0.637. The van der Waals surface area contributed by atoms with E-state index in [9.17, 15) is 30.8 Å². The number of carbonyl (C=O) groups is 1. The molecule has 0 aromatic heterocycles. The monoisotopic (exact) mass is 447 g/mol. The average Bonchev–Trinajstić information content (AvgIpc) is 2.66. The molecule has 0 bridgehead atoms. The molecular weight excluding hydrogens is 426 g/mol. The zero-order valence-corrected chi connectivity index (χ0v) is 16.6. The molecule has 0 heterocycles. The molecule has 1 atom stereocenters. The van der Waals surface area contributed by atoms with Gasteiger partial charge in [0.15, 0.2) is 0 Å². The first-order chi connectivity index (χ1) is 14.0. The lowest BCUT2D eigenvalue weighted by Crippen LogP contribution is -2.29. The number of nitrogens with one attached hydrogen (secondary N) is 1. The van der Waals surface area contributed by atoms with Crippen molar-refractivity contribution in [2.45, 2.75) is 49.2 Å². The van der Waals surface area contributed by atoms with Gasteiger partial charge < -0.3 is 5.11 Å². The highest BCUT2D eigenvalue weighted by Gasteiger charge is 2.32. The zero-order chi connectivity index (χ0) is 22.4. The number of rotatable bonds is 10. The molecule has 0 amide bonds. The van der Waals surface area contributed by atoms with Gasteiger partial charge in [0.2, 0.25) is 10.0 Å². The number of benzene rings is 2. The molecule has 0 saturated heterocycles. The molecule has 0 saturated carbocycles. The van der Waals surface area contributed by atoms with Crippen molar-refractivity contribution in [2.24, 2.45) is 0 Å². The Balaban J connectivity index is 2.21. The number of hydrogen-bond donors (Lipinski definition) is 2. The number of carboxylic acid groups (broad SMARTS) is 1. The van der Waals surface area contributed by atoms with Gasteiger partial charge in [-0.2, -0.15) is 13.2 Å². The predicted molar refractivity (Wildman–Crippen MR) is 102 cm³/mol. The Morgan fingerprint density at radius 1 is 1.03 bits per heavy atom. The minimum Gasteiger partial charge on any atom is -0.481 e. The minimum atomic E-state index is -4.69. The molecule has 30 heavy (non-hydrogen) atoms. The highest BCUT2D eigenvalue weighted by Crippen LogP contribution is 2.31. The summed E-state index contributed by atoms with van der Waals surface area (Å²) < 4.78 is 79.8. The third-order valence-corrected chi connectivity index (χ3v) is 5.89. The van der Waals surface area contributed by atoms with E-state index in [0.717, 1.165) is 30.3 Å². The number of unbranched alkanes of at least 4 members (excludes halogenated alkanes) is 2. The van der Waals surface area contributed by atoms with E-state index in [1.165, 1.54) is 12.1 Å². The molecule has 0 aliphatic rings. The van der Waals surface area contributed by atoms with Crippen molar-refractivity contribution in [2.75, 3.05) is 0 Å². The quantitative estimate of drug-likeness (QED) is 0.401. The highest BCUT2D eigenvalue weighted by molar-refractivity contribution is 7.89. The van der Waals surface area contributed by atoms with Gasteiger partial charge in [0, 0.05) is 12.5 Å². The van der Waals surface area contributed by atoms with Crippen LogP contribution in [0.25, 0.3) is 0 Å². The smallest absolute Gasteiger partial charge is 0.416 e. The van der Waals surface area contributed by atoms with Gasteiger partial charge in [0.1, 0.15) is 5.82 Å². The summed E-state index contributed by atoms with van der Waals surface area (Å²) in [4.78, 5) is 10.1. The van der Waals surface area contributed by atoms with Crippen molar-refractivity contribution < 1.29 is 35.9 Å². The molecule has 2 aromatic carbocycles. The summed E-state index contributed by atoms with van der Waals surface area (Å²) >= 11 is 0. The maximum absolute atomic E-state index is 13.2. The topological polar surface area (TPSA) is 83.5 Å².